The number of rotatable bonds is 5. The first-order chi connectivity index (χ1) is 12.9. The monoisotopic (exact) mass is 418 g/mol. The smallest absolute Gasteiger partial charge is 0.258 e. The molecule has 3 nitrogen and oxygen atoms in total. The number of benzene rings is 2. The fourth-order valence-corrected chi connectivity index (χ4v) is 4.33. The van der Waals surface area contributed by atoms with Gasteiger partial charge in [-0.3, -0.25) is 10.1 Å². The Hall–Kier alpha value is -1.88. The highest BCUT2D eigenvalue weighted by Gasteiger charge is 2.17. The van der Waals surface area contributed by atoms with Gasteiger partial charge < -0.3 is 0 Å². The number of anilines is 1. The summed E-state index contributed by atoms with van der Waals surface area (Å²) in [5, 5.41) is 4.26. The van der Waals surface area contributed by atoms with E-state index >= 15 is 0 Å². The molecule has 0 saturated carbocycles. The van der Waals surface area contributed by atoms with Crippen molar-refractivity contribution >= 4 is 45.6 Å². The Bertz CT molecular complexity index is 998. The Labute approximate surface area is 173 Å². The number of carbonyl (C=O) groups is 1. The maximum absolute atomic E-state index is 12.6. The van der Waals surface area contributed by atoms with Gasteiger partial charge >= 0.3 is 0 Å². The number of amides is 1. The summed E-state index contributed by atoms with van der Waals surface area (Å²) in [6.45, 7) is 6.32. The van der Waals surface area contributed by atoms with Crippen LogP contribution in [0.1, 0.15) is 39.7 Å². The van der Waals surface area contributed by atoms with Crippen LogP contribution in [0, 0.1) is 13.8 Å². The molecule has 0 saturated heterocycles. The average Bonchev–Trinajstić information content (AvgIpc) is 3.00. The van der Waals surface area contributed by atoms with Crippen LogP contribution in [0.3, 0.4) is 0 Å². The van der Waals surface area contributed by atoms with Crippen LogP contribution < -0.4 is 5.32 Å². The molecule has 2 aromatic carbocycles. The van der Waals surface area contributed by atoms with E-state index in [9.17, 15) is 4.79 Å². The molecule has 0 unspecified atom stereocenters. The first-order valence-corrected chi connectivity index (χ1v) is 10.3. The zero-order valence-corrected chi connectivity index (χ0v) is 17.7. The van der Waals surface area contributed by atoms with Gasteiger partial charge in [-0.05, 0) is 55.7 Å². The minimum atomic E-state index is -0.292. The number of nitrogens with zero attached hydrogens (tertiary/aromatic N) is 1. The average molecular weight is 419 g/mol. The predicted molar refractivity (Wildman–Crippen MR) is 115 cm³/mol. The summed E-state index contributed by atoms with van der Waals surface area (Å²) >= 11 is 13.6. The zero-order valence-electron chi connectivity index (χ0n) is 15.4. The maximum atomic E-state index is 12.6. The molecule has 0 atom stereocenters. The number of hydrogen-bond donors (Lipinski definition) is 1. The van der Waals surface area contributed by atoms with Gasteiger partial charge in [-0.2, -0.15) is 0 Å². The van der Waals surface area contributed by atoms with Crippen LogP contribution in [0.5, 0.6) is 0 Å². The van der Waals surface area contributed by atoms with Crippen molar-refractivity contribution in [2.45, 2.75) is 33.6 Å². The summed E-state index contributed by atoms with van der Waals surface area (Å²) in [5.74, 6) is -0.292. The molecule has 6 heteroatoms. The third kappa shape index (κ3) is 4.52. The number of aryl methyl sites for hydroxylation is 3. The number of nitrogens with one attached hydrogen (secondary N) is 1. The minimum absolute atomic E-state index is 0.292. The molecule has 0 fully saturated rings. The van der Waals surface area contributed by atoms with Gasteiger partial charge in [-0.15, -0.1) is 11.3 Å². The molecule has 140 valence electrons. The highest BCUT2D eigenvalue weighted by molar-refractivity contribution is 7.16. The molecule has 0 radical (unpaired) electrons. The van der Waals surface area contributed by atoms with Crippen molar-refractivity contribution in [2.75, 3.05) is 5.32 Å². The van der Waals surface area contributed by atoms with Gasteiger partial charge in [0, 0.05) is 15.5 Å². The quantitative estimate of drug-likeness (QED) is 0.487. The van der Waals surface area contributed by atoms with Crippen LogP contribution in [0.15, 0.2) is 36.4 Å². The Morgan fingerprint density at radius 2 is 1.89 bits per heavy atom. The van der Waals surface area contributed by atoms with E-state index in [0.717, 1.165) is 24.1 Å². The van der Waals surface area contributed by atoms with Gasteiger partial charge in [0.25, 0.3) is 5.91 Å². The van der Waals surface area contributed by atoms with E-state index in [4.69, 9.17) is 28.2 Å². The van der Waals surface area contributed by atoms with Crippen molar-refractivity contribution < 1.29 is 4.79 Å². The molecule has 0 aliphatic heterocycles. The van der Waals surface area contributed by atoms with Gasteiger partial charge in [0.2, 0.25) is 0 Å². The molecule has 0 aliphatic rings. The summed E-state index contributed by atoms with van der Waals surface area (Å²) in [6, 6.07) is 11.1. The molecule has 1 amide bonds. The van der Waals surface area contributed by atoms with Crippen LogP contribution in [-0.2, 0) is 6.42 Å². The fourth-order valence-electron chi connectivity index (χ4n) is 2.75. The Morgan fingerprint density at radius 3 is 2.56 bits per heavy atom. The van der Waals surface area contributed by atoms with Crippen LogP contribution in [0.4, 0.5) is 5.13 Å². The Balaban J connectivity index is 1.92. The Morgan fingerprint density at radius 1 is 1.11 bits per heavy atom. The van der Waals surface area contributed by atoms with Crippen molar-refractivity contribution in [1.29, 1.82) is 0 Å². The zero-order chi connectivity index (χ0) is 19.6. The standard InChI is InChI=1S/C21H20Cl2N2OS/c1-4-5-18-19(14-7-6-12(2)13(3)10-14)24-21(27-18)25-20(26)16-9-8-15(22)11-17(16)23/h6-11H,4-5H2,1-3H3,(H,24,25,26). The van der Waals surface area contributed by atoms with Crippen molar-refractivity contribution in [2.24, 2.45) is 0 Å². The maximum Gasteiger partial charge on any atom is 0.258 e. The third-order valence-electron chi connectivity index (χ3n) is 4.35. The summed E-state index contributed by atoms with van der Waals surface area (Å²) in [7, 11) is 0. The summed E-state index contributed by atoms with van der Waals surface area (Å²) in [4.78, 5) is 18.5. The second kappa shape index (κ2) is 8.42. The van der Waals surface area contributed by atoms with E-state index in [0.29, 0.717) is 20.7 Å². The highest BCUT2D eigenvalue weighted by Crippen LogP contribution is 2.33. The number of aromatic nitrogens is 1. The predicted octanol–water partition coefficient (Wildman–Crippen LogP) is 6.94. The van der Waals surface area contributed by atoms with Gasteiger partial charge in [-0.1, -0.05) is 48.7 Å². The van der Waals surface area contributed by atoms with E-state index in [2.05, 4.69) is 44.3 Å². The molecule has 1 heterocycles. The lowest BCUT2D eigenvalue weighted by atomic mass is 10.0. The van der Waals surface area contributed by atoms with Crippen LogP contribution >= 0.6 is 34.5 Å². The third-order valence-corrected chi connectivity index (χ3v) is 5.93. The van der Waals surface area contributed by atoms with Crippen molar-refractivity contribution in [3.63, 3.8) is 0 Å². The van der Waals surface area contributed by atoms with Gasteiger partial charge in [0.05, 0.1) is 16.3 Å². The number of carbonyl (C=O) groups excluding carboxylic acids is 1. The second-order valence-corrected chi connectivity index (χ2v) is 8.35. The number of thiazole rings is 1. The van der Waals surface area contributed by atoms with Crippen molar-refractivity contribution in [3.05, 3.63) is 68.0 Å². The highest BCUT2D eigenvalue weighted by atomic mass is 35.5. The normalized spacial score (nSPS) is 10.9. The van der Waals surface area contributed by atoms with Crippen LogP contribution in [0.2, 0.25) is 10.0 Å². The van der Waals surface area contributed by atoms with Crippen LogP contribution in [-0.4, -0.2) is 10.9 Å². The SMILES string of the molecule is CCCc1sc(NC(=O)c2ccc(Cl)cc2Cl)nc1-c1ccc(C)c(C)c1. The lowest BCUT2D eigenvalue weighted by Crippen LogP contribution is -2.12. The van der Waals surface area contributed by atoms with E-state index in [1.54, 1.807) is 18.2 Å². The van der Waals surface area contributed by atoms with E-state index in [-0.39, 0.29) is 5.91 Å². The molecular formula is C21H20Cl2N2OS. The first-order valence-electron chi connectivity index (χ1n) is 8.72. The molecule has 3 rings (SSSR count). The molecule has 1 N–H and O–H groups in total. The molecule has 1 aromatic heterocycles. The molecule has 0 bridgehead atoms. The molecular weight excluding hydrogens is 399 g/mol. The van der Waals surface area contributed by atoms with Crippen molar-refractivity contribution in [3.8, 4) is 11.3 Å². The molecule has 27 heavy (non-hydrogen) atoms. The number of hydrogen-bond acceptors (Lipinski definition) is 3. The van der Waals surface area contributed by atoms with E-state index in [1.165, 1.54) is 27.3 Å². The molecule has 0 aliphatic carbocycles. The number of halogens is 2. The lowest BCUT2D eigenvalue weighted by Gasteiger charge is -2.05. The van der Waals surface area contributed by atoms with E-state index in [1.807, 2.05) is 0 Å². The van der Waals surface area contributed by atoms with Gasteiger partial charge in [-0.25, -0.2) is 4.98 Å². The summed E-state index contributed by atoms with van der Waals surface area (Å²) < 4.78 is 0. The lowest BCUT2D eigenvalue weighted by molar-refractivity contribution is 0.102. The molecule has 0 spiro atoms. The molecule has 3 aromatic rings. The summed E-state index contributed by atoms with van der Waals surface area (Å²) in [5.41, 5.74) is 4.85. The van der Waals surface area contributed by atoms with E-state index < -0.39 is 0 Å². The fraction of sp³-hybridized carbons (Fsp3) is 0.238. The van der Waals surface area contributed by atoms with Crippen LogP contribution in [0.25, 0.3) is 11.3 Å². The Kier molecular flexibility index (Phi) is 6.20. The largest absolute Gasteiger partial charge is 0.298 e. The first kappa shape index (κ1) is 19.9. The van der Waals surface area contributed by atoms with Gasteiger partial charge in [0.1, 0.15) is 0 Å². The topological polar surface area (TPSA) is 42.0 Å². The summed E-state index contributed by atoms with van der Waals surface area (Å²) in [6.07, 6.45) is 1.92. The van der Waals surface area contributed by atoms with Crippen molar-refractivity contribution in [1.82, 2.24) is 4.98 Å². The van der Waals surface area contributed by atoms with Gasteiger partial charge in [0.15, 0.2) is 5.13 Å². The second-order valence-electron chi connectivity index (χ2n) is 6.42. The minimum Gasteiger partial charge on any atom is -0.298 e.